The van der Waals surface area contributed by atoms with Gasteiger partial charge < -0.3 is 14.9 Å². The Labute approximate surface area is 199 Å². The standard InChI is InChI=1S/C26H39NO5S/c1-21(2)16-18-27(33(30,31)26-14-12-24(13-15-26)22(3)29)17-8-7-11-25(19-28)32-20-23-9-5-4-6-10-23/h4-6,9-10,12-15,21-22,25,28-29H,7-8,11,16-20H2,1-3H3/t22-,25?/m0/s1. The van der Waals surface area contributed by atoms with Crippen LogP contribution in [0.1, 0.15) is 63.7 Å². The fourth-order valence-corrected chi connectivity index (χ4v) is 4.99. The predicted molar refractivity (Wildman–Crippen MR) is 131 cm³/mol. The predicted octanol–water partition coefficient (Wildman–Crippen LogP) is 4.52. The molecule has 0 radical (unpaired) electrons. The number of sulfonamides is 1. The van der Waals surface area contributed by atoms with Crippen molar-refractivity contribution in [3.63, 3.8) is 0 Å². The second-order valence-corrected chi connectivity index (χ2v) is 10.9. The van der Waals surface area contributed by atoms with Crippen LogP contribution in [-0.2, 0) is 21.4 Å². The number of ether oxygens (including phenoxy) is 1. The van der Waals surface area contributed by atoms with E-state index in [1.165, 1.54) is 0 Å². The molecule has 2 atom stereocenters. The summed E-state index contributed by atoms with van der Waals surface area (Å²) in [6, 6.07) is 16.3. The first-order valence-corrected chi connectivity index (χ1v) is 13.2. The summed E-state index contributed by atoms with van der Waals surface area (Å²) < 4.78 is 33.9. The molecule has 0 bridgehead atoms. The molecule has 0 heterocycles. The molecule has 184 valence electrons. The van der Waals surface area contributed by atoms with Crippen LogP contribution in [0.3, 0.4) is 0 Å². The van der Waals surface area contributed by atoms with Gasteiger partial charge in [0.15, 0.2) is 0 Å². The van der Waals surface area contributed by atoms with Gasteiger partial charge in [0.1, 0.15) is 0 Å². The van der Waals surface area contributed by atoms with Crippen molar-refractivity contribution < 1.29 is 23.4 Å². The Morgan fingerprint density at radius 2 is 1.58 bits per heavy atom. The number of aliphatic hydroxyl groups excluding tert-OH is 2. The fourth-order valence-electron chi connectivity index (χ4n) is 3.50. The van der Waals surface area contributed by atoms with Gasteiger partial charge in [-0.05, 0) is 61.8 Å². The Hall–Kier alpha value is -1.77. The van der Waals surface area contributed by atoms with Gasteiger partial charge in [-0.1, -0.05) is 56.3 Å². The molecule has 0 spiro atoms. The van der Waals surface area contributed by atoms with Crippen LogP contribution >= 0.6 is 0 Å². The molecule has 1 unspecified atom stereocenters. The van der Waals surface area contributed by atoms with E-state index in [9.17, 15) is 18.6 Å². The summed E-state index contributed by atoms with van der Waals surface area (Å²) in [6.07, 6.45) is 2.00. The summed E-state index contributed by atoms with van der Waals surface area (Å²) in [5.41, 5.74) is 1.75. The molecule has 2 N–H and O–H groups in total. The number of aliphatic hydroxyl groups is 2. The zero-order valence-corrected chi connectivity index (χ0v) is 20.9. The molecule has 2 aromatic rings. The van der Waals surface area contributed by atoms with Crippen molar-refractivity contribution in [2.45, 2.75) is 70.2 Å². The van der Waals surface area contributed by atoms with Crippen molar-refractivity contribution in [1.82, 2.24) is 4.31 Å². The first-order chi connectivity index (χ1) is 15.7. The number of hydrogen-bond acceptors (Lipinski definition) is 5. The highest BCUT2D eigenvalue weighted by molar-refractivity contribution is 7.89. The lowest BCUT2D eigenvalue weighted by molar-refractivity contribution is -0.00353. The van der Waals surface area contributed by atoms with Gasteiger partial charge in [-0.25, -0.2) is 8.42 Å². The molecule has 0 aromatic heterocycles. The summed E-state index contributed by atoms with van der Waals surface area (Å²) >= 11 is 0. The summed E-state index contributed by atoms with van der Waals surface area (Å²) in [6.45, 7) is 7.09. The molecule has 0 saturated carbocycles. The molecular weight excluding hydrogens is 438 g/mol. The lowest BCUT2D eigenvalue weighted by Crippen LogP contribution is -2.33. The number of unbranched alkanes of at least 4 members (excludes halogenated alkanes) is 1. The van der Waals surface area contributed by atoms with Crippen LogP contribution in [0.2, 0.25) is 0 Å². The van der Waals surface area contributed by atoms with E-state index in [1.54, 1.807) is 35.5 Å². The maximum Gasteiger partial charge on any atom is 0.243 e. The third-order valence-electron chi connectivity index (χ3n) is 5.67. The van der Waals surface area contributed by atoms with Gasteiger partial charge in [-0.15, -0.1) is 0 Å². The Morgan fingerprint density at radius 3 is 2.15 bits per heavy atom. The van der Waals surface area contributed by atoms with Crippen LogP contribution < -0.4 is 0 Å². The molecule has 33 heavy (non-hydrogen) atoms. The molecule has 0 aliphatic rings. The van der Waals surface area contributed by atoms with Gasteiger partial charge in [-0.2, -0.15) is 4.31 Å². The van der Waals surface area contributed by atoms with Gasteiger partial charge in [0.25, 0.3) is 0 Å². The number of benzene rings is 2. The van der Waals surface area contributed by atoms with Crippen LogP contribution in [0.5, 0.6) is 0 Å². The fraction of sp³-hybridized carbons (Fsp3) is 0.538. The highest BCUT2D eigenvalue weighted by Gasteiger charge is 2.24. The Bertz CT molecular complexity index is 898. The van der Waals surface area contributed by atoms with Crippen molar-refractivity contribution in [2.24, 2.45) is 5.92 Å². The smallest absolute Gasteiger partial charge is 0.243 e. The first-order valence-electron chi connectivity index (χ1n) is 11.8. The van der Waals surface area contributed by atoms with Gasteiger partial charge in [0, 0.05) is 13.1 Å². The quantitative estimate of drug-likeness (QED) is 0.368. The summed E-state index contributed by atoms with van der Waals surface area (Å²) in [5, 5.41) is 19.3. The van der Waals surface area contributed by atoms with Crippen LogP contribution in [0.15, 0.2) is 59.5 Å². The maximum atomic E-state index is 13.3. The van der Waals surface area contributed by atoms with Crippen molar-refractivity contribution >= 4 is 10.0 Å². The van der Waals surface area contributed by atoms with Crippen molar-refractivity contribution in [1.29, 1.82) is 0 Å². The largest absolute Gasteiger partial charge is 0.394 e. The minimum Gasteiger partial charge on any atom is -0.394 e. The molecule has 0 amide bonds. The second kappa shape index (κ2) is 13.8. The van der Waals surface area contributed by atoms with Gasteiger partial charge in [-0.3, -0.25) is 0 Å². The average molecular weight is 478 g/mol. The molecule has 0 aliphatic heterocycles. The summed E-state index contributed by atoms with van der Waals surface area (Å²) in [5.74, 6) is 0.394. The Balaban J connectivity index is 1.93. The highest BCUT2D eigenvalue weighted by Crippen LogP contribution is 2.21. The minimum absolute atomic E-state index is 0.0577. The van der Waals surface area contributed by atoms with E-state index in [2.05, 4.69) is 13.8 Å². The maximum absolute atomic E-state index is 13.3. The number of hydrogen-bond donors (Lipinski definition) is 2. The van der Waals surface area contributed by atoms with Crippen molar-refractivity contribution in [2.75, 3.05) is 19.7 Å². The van der Waals surface area contributed by atoms with E-state index < -0.39 is 16.1 Å². The molecule has 0 aliphatic carbocycles. The summed E-state index contributed by atoms with van der Waals surface area (Å²) in [7, 11) is -3.62. The van der Waals surface area contributed by atoms with Crippen LogP contribution in [-0.4, -0.2) is 48.7 Å². The van der Waals surface area contributed by atoms with Crippen LogP contribution in [0.25, 0.3) is 0 Å². The van der Waals surface area contributed by atoms with E-state index >= 15 is 0 Å². The normalized spacial score (nSPS) is 14.0. The third kappa shape index (κ3) is 9.18. The molecule has 7 heteroatoms. The Kier molecular flexibility index (Phi) is 11.5. The number of nitrogens with zero attached hydrogens (tertiary/aromatic N) is 1. The third-order valence-corrected chi connectivity index (χ3v) is 7.58. The van der Waals surface area contributed by atoms with E-state index in [4.69, 9.17) is 4.74 Å². The minimum atomic E-state index is -3.62. The monoisotopic (exact) mass is 477 g/mol. The molecule has 0 fully saturated rings. The first kappa shape index (κ1) is 27.5. The van der Waals surface area contributed by atoms with Crippen LogP contribution in [0.4, 0.5) is 0 Å². The molecule has 6 nitrogen and oxygen atoms in total. The second-order valence-electron chi connectivity index (χ2n) is 8.93. The zero-order chi connectivity index (χ0) is 24.3. The van der Waals surface area contributed by atoms with E-state index in [1.807, 2.05) is 30.3 Å². The molecule has 2 aromatic carbocycles. The van der Waals surface area contributed by atoms with E-state index in [0.29, 0.717) is 44.0 Å². The van der Waals surface area contributed by atoms with Crippen molar-refractivity contribution in [3.05, 3.63) is 65.7 Å². The molecule has 2 rings (SSSR count). The van der Waals surface area contributed by atoms with E-state index in [0.717, 1.165) is 18.4 Å². The lowest BCUT2D eigenvalue weighted by Gasteiger charge is -2.24. The lowest BCUT2D eigenvalue weighted by atomic mass is 10.1. The van der Waals surface area contributed by atoms with Gasteiger partial charge in [0.2, 0.25) is 10.0 Å². The zero-order valence-electron chi connectivity index (χ0n) is 20.1. The topological polar surface area (TPSA) is 87.1 Å². The SMILES string of the molecule is CC(C)CCN(CCCCC(CO)OCc1ccccc1)S(=O)(=O)c1ccc([C@H](C)O)cc1. The average Bonchev–Trinajstić information content (AvgIpc) is 2.80. The Morgan fingerprint density at radius 1 is 0.909 bits per heavy atom. The summed E-state index contributed by atoms with van der Waals surface area (Å²) in [4.78, 5) is 0.245. The number of rotatable bonds is 15. The van der Waals surface area contributed by atoms with Gasteiger partial charge in [0.05, 0.1) is 30.3 Å². The van der Waals surface area contributed by atoms with Crippen molar-refractivity contribution in [3.8, 4) is 0 Å². The van der Waals surface area contributed by atoms with Gasteiger partial charge >= 0.3 is 0 Å². The highest BCUT2D eigenvalue weighted by atomic mass is 32.2. The van der Waals surface area contributed by atoms with E-state index in [-0.39, 0.29) is 17.6 Å². The molecule has 0 saturated heterocycles. The van der Waals surface area contributed by atoms with Crippen LogP contribution in [0, 0.1) is 5.92 Å². The molecular formula is C26H39NO5S.